The van der Waals surface area contributed by atoms with Crippen molar-refractivity contribution in [3.05, 3.63) is 60.2 Å². The average molecular weight is 613 g/mol. The predicted octanol–water partition coefficient (Wildman–Crippen LogP) is 8.32. The molecule has 4 fully saturated rings. The van der Waals surface area contributed by atoms with Crippen LogP contribution in [0.3, 0.4) is 0 Å². The Balaban J connectivity index is 1.47. The van der Waals surface area contributed by atoms with Gasteiger partial charge in [0.2, 0.25) is 15.0 Å². The van der Waals surface area contributed by atoms with E-state index in [1.54, 1.807) is 0 Å². The molecule has 6 aliphatic heterocycles. The first-order valence-corrected chi connectivity index (χ1v) is 20.5. The molecule has 12 heteroatoms. The normalized spacial score (nSPS) is 30.1. The zero-order valence-corrected chi connectivity index (χ0v) is 26.7. The lowest BCUT2D eigenvalue weighted by Gasteiger charge is -2.49. The second kappa shape index (κ2) is 10.9. The van der Waals surface area contributed by atoms with Crippen LogP contribution in [0.1, 0.15) is 56.9 Å². The molecule has 8 rings (SSSR count). The van der Waals surface area contributed by atoms with Crippen molar-refractivity contribution >= 4 is 28.3 Å². The molecule has 6 aliphatic rings. The summed E-state index contributed by atoms with van der Waals surface area (Å²) in [5, 5.41) is 0. The third-order valence-corrected chi connectivity index (χ3v) is 21.2. The first-order valence-electron chi connectivity index (χ1n) is 15.7. The van der Waals surface area contributed by atoms with E-state index in [4.69, 9.17) is 18.1 Å². The van der Waals surface area contributed by atoms with Gasteiger partial charge in [0.05, 0.1) is 6.54 Å². The molecule has 0 bridgehead atoms. The van der Waals surface area contributed by atoms with Gasteiger partial charge in [-0.15, -0.1) is 0 Å². The average Bonchev–Trinajstić information content (AvgIpc) is 3.85. The third kappa shape index (κ3) is 4.54. The number of hydrogen-bond donors (Lipinski definition) is 0. The largest absolute Gasteiger partial charge is 0.426 e. The highest BCUT2D eigenvalue weighted by Crippen LogP contribution is 2.84. The maximum atomic E-state index is 7.37. The highest BCUT2D eigenvalue weighted by Gasteiger charge is 2.53. The quantitative estimate of drug-likeness (QED) is 0.317. The zero-order chi connectivity index (χ0) is 27.3. The van der Waals surface area contributed by atoms with Crippen LogP contribution in [0.5, 0.6) is 5.75 Å². The summed E-state index contributed by atoms with van der Waals surface area (Å²) in [6.07, 6.45) is 9.84. The Hall–Kier alpha value is -1.43. The number of fused-ring (bicyclic) bond motifs is 1. The van der Waals surface area contributed by atoms with E-state index in [1.807, 2.05) is 0 Å². The molecular weight excluding hydrogens is 569 g/mol. The minimum atomic E-state index is -2.88. The molecule has 0 aliphatic carbocycles. The Morgan fingerprint density at radius 3 is 1.51 bits per heavy atom. The van der Waals surface area contributed by atoms with Gasteiger partial charge in [0.15, 0.2) is 0 Å². The van der Waals surface area contributed by atoms with Crippen molar-refractivity contribution < 1.29 is 4.52 Å². The number of benzene rings is 2. The molecule has 0 amide bonds. The number of para-hydroxylation sites is 2. The Kier molecular flexibility index (Phi) is 7.24. The lowest BCUT2D eigenvalue weighted by Crippen LogP contribution is -2.35. The van der Waals surface area contributed by atoms with Gasteiger partial charge >= 0.3 is 7.58 Å². The topological polar surface area (TPSA) is 62.5 Å². The van der Waals surface area contributed by atoms with Crippen molar-refractivity contribution in [2.75, 3.05) is 57.0 Å². The van der Waals surface area contributed by atoms with E-state index in [9.17, 15) is 0 Å². The van der Waals surface area contributed by atoms with Crippen LogP contribution in [0.15, 0.2) is 68.1 Å². The van der Waals surface area contributed by atoms with E-state index in [2.05, 4.69) is 77.9 Å². The molecule has 2 aromatic rings. The molecule has 220 valence electrons. The highest BCUT2D eigenvalue weighted by atomic mass is 31.3. The van der Waals surface area contributed by atoms with Crippen LogP contribution in [-0.4, -0.2) is 71.0 Å². The smallest absolute Gasteiger partial charge is 0.361 e. The van der Waals surface area contributed by atoms with Gasteiger partial charge in [-0.2, -0.15) is 13.5 Å². The van der Waals surface area contributed by atoms with E-state index >= 15 is 0 Å². The molecule has 2 aromatic carbocycles. The summed E-state index contributed by atoms with van der Waals surface area (Å²) in [4.78, 5) is 0. The lowest BCUT2D eigenvalue weighted by atomic mass is 10.2. The van der Waals surface area contributed by atoms with Crippen LogP contribution in [0.25, 0.3) is 0 Å². The van der Waals surface area contributed by atoms with Crippen molar-refractivity contribution in [3.63, 3.8) is 0 Å². The van der Waals surface area contributed by atoms with E-state index < -0.39 is 22.6 Å². The molecule has 0 N–H and O–H groups in total. The van der Waals surface area contributed by atoms with Gasteiger partial charge in [0.25, 0.3) is 0 Å². The van der Waals surface area contributed by atoms with E-state index in [0.29, 0.717) is 0 Å². The first kappa shape index (κ1) is 27.1. The summed E-state index contributed by atoms with van der Waals surface area (Å²) >= 11 is 0. The van der Waals surface area contributed by atoms with E-state index in [-0.39, 0.29) is 0 Å². The van der Waals surface area contributed by atoms with Gasteiger partial charge in [-0.3, -0.25) is 4.67 Å². The molecule has 41 heavy (non-hydrogen) atoms. The Labute approximate surface area is 245 Å². The van der Waals surface area contributed by atoms with Crippen molar-refractivity contribution in [2.45, 2.75) is 57.9 Å². The van der Waals surface area contributed by atoms with Crippen molar-refractivity contribution in [2.24, 2.45) is 13.5 Å². The maximum absolute atomic E-state index is 7.37. The van der Waals surface area contributed by atoms with Crippen molar-refractivity contribution in [1.82, 2.24) is 18.7 Å². The van der Waals surface area contributed by atoms with E-state index in [0.717, 1.165) is 70.3 Å². The fraction of sp³-hybridized carbons (Fsp3) is 0.586. The van der Waals surface area contributed by atoms with Gasteiger partial charge in [0.1, 0.15) is 5.75 Å². The van der Waals surface area contributed by atoms with Gasteiger partial charge < -0.3 is 4.52 Å². The monoisotopic (exact) mass is 612 g/mol. The zero-order valence-electron chi connectivity index (χ0n) is 24.0. The molecule has 6 heterocycles. The summed E-state index contributed by atoms with van der Waals surface area (Å²) in [6, 6.07) is 19.4. The number of nitrogens with zero attached hydrogens (tertiary/aromatic N) is 8. The van der Waals surface area contributed by atoms with E-state index in [1.165, 1.54) is 56.9 Å². The van der Waals surface area contributed by atoms with Crippen LogP contribution in [0.2, 0.25) is 0 Å². The molecule has 1 atom stereocenters. The van der Waals surface area contributed by atoms with Gasteiger partial charge in [-0.25, -0.2) is 18.7 Å². The minimum Gasteiger partial charge on any atom is -0.426 e. The fourth-order valence-electron chi connectivity index (χ4n) is 7.35. The molecule has 0 aromatic heterocycles. The summed E-state index contributed by atoms with van der Waals surface area (Å²) in [6.45, 7) is 9.43. The van der Waals surface area contributed by atoms with Gasteiger partial charge in [-0.05, 0) is 69.6 Å². The Morgan fingerprint density at radius 2 is 0.976 bits per heavy atom. The van der Waals surface area contributed by atoms with Crippen molar-refractivity contribution in [1.29, 1.82) is 0 Å². The molecule has 1 spiro atoms. The highest BCUT2D eigenvalue weighted by molar-refractivity contribution is 7.83. The Morgan fingerprint density at radius 1 is 0.512 bits per heavy atom. The minimum absolute atomic E-state index is 0.765. The van der Waals surface area contributed by atoms with Crippen LogP contribution >= 0.6 is 22.6 Å². The fourth-order valence-corrected chi connectivity index (χ4v) is 22.5. The second-order valence-electron chi connectivity index (χ2n) is 12.1. The summed E-state index contributed by atoms with van der Waals surface area (Å²) in [7, 11) is -7.77. The number of hydrogen-bond acceptors (Lipinski definition) is 9. The lowest BCUT2D eigenvalue weighted by molar-refractivity contribution is 0.448. The van der Waals surface area contributed by atoms with Crippen molar-refractivity contribution in [3.8, 4) is 5.75 Å². The van der Waals surface area contributed by atoms with Gasteiger partial charge in [0, 0.05) is 63.6 Å². The summed E-state index contributed by atoms with van der Waals surface area (Å²) in [5.74, 6) is 0.962. The molecule has 0 radical (unpaired) electrons. The SMILES string of the molecule is c1ccc(N2Cc3ccccc3OP23=NP(N2CCCC2)(N2CCCC2)=NP(N2CCCC2)(N2CCCC2)=N3)cc1. The standard InChI is InChI=1S/C29H43N8OP3/c1-2-15-28(16-3-1)37-26-27-14-4-5-17-29(27)38-41(37)31-39(33-18-6-7-19-33,34-20-8-9-21-34)30-40(32-41,35-22-10-11-23-35)36-24-12-13-25-36/h1-5,14-17H,6-13,18-26H2. The molecular formula is C29H43N8OP3. The Bertz CT molecular complexity index is 1370. The molecule has 1 unspecified atom stereocenters. The van der Waals surface area contributed by atoms with Crippen LogP contribution < -0.4 is 9.19 Å². The van der Waals surface area contributed by atoms with Gasteiger partial charge in [-0.1, -0.05) is 36.4 Å². The van der Waals surface area contributed by atoms with Crippen LogP contribution in [0.4, 0.5) is 5.69 Å². The number of rotatable bonds is 5. The third-order valence-electron chi connectivity index (χ3n) is 9.44. The maximum Gasteiger partial charge on any atom is 0.361 e. The summed E-state index contributed by atoms with van der Waals surface area (Å²) in [5.41, 5.74) is 2.37. The molecule has 4 saturated heterocycles. The molecule has 9 nitrogen and oxygen atoms in total. The molecule has 0 saturated carbocycles. The first-order chi connectivity index (χ1) is 20.2. The second-order valence-corrected chi connectivity index (χ2v) is 20.3. The van der Waals surface area contributed by atoms with Crippen LogP contribution in [-0.2, 0) is 6.54 Å². The predicted molar refractivity (Wildman–Crippen MR) is 171 cm³/mol. The van der Waals surface area contributed by atoms with Crippen LogP contribution in [0, 0.1) is 0 Å². The number of anilines is 1. The summed E-state index contributed by atoms with van der Waals surface area (Å²) < 4.78 is 39.1.